The van der Waals surface area contributed by atoms with Crippen molar-refractivity contribution in [3.63, 3.8) is 0 Å². The van der Waals surface area contributed by atoms with Gasteiger partial charge in [-0.1, -0.05) is 43.3 Å². The molecule has 2 aromatic carbocycles. The molecule has 1 aliphatic heterocycles. The maximum Gasteiger partial charge on any atom is 0.268 e. The van der Waals surface area contributed by atoms with Crippen molar-refractivity contribution in [3.05, 3.63) is 65.2 Å². The Kier molecular flexibility index (Phi) is 5.97. The van der Waals surface area contributed by atoms with Gasteiger partial charge in [-0.25, -0.2) is 12.7 Å². The molecule has 8 nitrogen and oxygen atoms in total. The van der Waals surface area contributed by atoms with E-state index in [1.165, 1.54) is 6.07 Å². The van der Waals surface area contributed by atoms with Gasteiger partial charge < -0.3 is 10.6 Å². The molecule has 29 heavy (non-hydrogen) atoms. The molecule has 9 heteroatoms. The summed E-state index contributed by atoms with van der Waals surface area (Å²) in [5, 5.41) is 5.07. The Labute approximate surface area is 169 Å². The number of nitrogens with zero attached hydrogens (tertiary/aromatic N) is 1. The topological polar surface area (TPSA) is 113 Å². The summed E-state index contributed by atoms with van der Waals surface area (Å²) in [5.41, 5.74) is 2.27. The molecule has 0 saturated heterocycles. The molecule has 3 rings (SSSR count). The van der Waals surface area contributed by atoms with Gasteiger partial charge in [0.25, 0.3) is 5.91 Å². The van der Waals surface area contributed by atoms with Crippen LogP contribution in [0, 0.1) is 0 Å². The third kappa shape index (κ3) is 4.62. The zero-order chi connectivity index (χ0) is 21.0. The van der Waals surface area contributed by atoms with E-state index in [1.807, 2.05) is 19.1 Å². The van der Waals surface area contributed by atoms with Crippen LogP contribution in [0.5, 0.6) is 0 Å². The van der Waals surface area contributed by atoms with Gasteiger partial charge in [0.05, 0.1) is 12.3 Å². The van der Waals surface area contributed by atoms with Crippen LogP contribution in [0.1, 0.15) is 28.4 Å². The molecule has 0 aromatic heterocycles. The zero-order valence-corrected chi connectivity index (χ0v) is 16.7. The molecule has 0 spiro atoms. The lowest BCUT2D eigenvalue weighted by Crippen LogP contribution is -2.48. The van der Waals surface area contributed by atoms with Gasteiger partial charge in [0, 0.05) is 11.3 Å². The molecule has 0 fully saturated rings. The first-order chi connectivity index (χ1) is 13.8. The van der Waals surface area contributed by atoms with E-state index < -0.39 is 34.3 Å². The first-order valence-electron chi connectivity index (χ1n) is 9.09. The SMILES string of the molecule is CCc1ccccc1NC(=O)CNC(=O)CN1C(=O)c2ccccc2CS1(=O)=O. The zero-order valence-electron chi connectivity index (χ0n) is 15.8. The van der Waals surface area contributed by atoms with Crippen LogP contribution in [0.2, 0.25) is 0 Å². The number of hydrogen-bond acceptors (Lipinski definition) is 5. The minimum absolute atomic E-state index is 0.254. The van der Waals surface area contributed by atoms with Crippen LogP contribution < -0.4 is 10.6 Å². The fraction of sp³-hybridized carbons (Fsp3) is 0.250. The average Bonchev–Trinajstić information content (AvgIpc) is 2.69. The van der Waals surface area contributed by atoms with Crippen molar-refractivity contribution in [3.8, 4) is 0 Å². The number of anilines is 1. The van der Waals surface area contributed by atoms with Crippen molar-refractivity contribution in [1.29, 1.82) is 0 Å². The monoisotopic (exact) mass is 415 g/mol. The third-order valence-electron chi connectivity index (χ3n) is 4.55. The number of rotatable bonds is 6. The van der Waals surface area contributed by atoms with Crippen molar-refractivity contribution in [2.75, 3.05) is 18.4 Å². The normalized spacial score (nSPS) is 14.8. The Morgan fingerprint density at radius 3 is 2.48 bits per heavy atom. The van der Waals surface area contributed by atoms with Gasteiger partial charge in [-0.05, 0) is 29.7 Å². The lowest BCUT2D eigenvalue weighted by atomic mass is 10.1. The number of carbonyl (C=O) groups is 3. The van der Waals surface area contributed by atoms with E-state index in [-0.39, 0.29) is 17.9 Å². The standard InChI is InChI=1S/C20H21N3O5S/c1-2-14-7-4-6-10-17(14)22-18(24)11-21-19(25)12-23-20(26)16-9-5-3-8-15(16)13-29(23,27)28/h3-10H,2,11-13H2,1H3,(H,21,25)(H,22,24). The van der Waals surface area contributed by atoms with E-state index >= 15 is 0 Å². The predicted octanol–water partition coefficient (Wildman–Crippen LogP) is 1.29. The van der Waals surface area contributed by atoms with Crippen molar-refractivity contribution in [1.82, 2.24) is 9.62 Å². The Bertz CT molecular complexity index is 1070. The maximum atomic E-state index is 12.5. The third-order valence-corrected chi connectivity index (χ3v) is 6.20. The van der Waals surface area contributed by atoms with Gasteiger partial charge in [-0.3, -0.25) is 14.4 Å². The minimum Gasteiger partial charge on any atom is -0.345 e. The quantitative estimate of drug-likeness (QED) is 0.738. The van der Waals surface area contributed by atoms with E-state index in [4.69, 9.17) is 0 Å². The van der Waals surface area contributed by atoms with Gasteiger partial charge in [-0.2, -0.15) is 0 Å². The summed E-state index contributed by atoms with van der Waals surface area (Å²) in [6, 6.07) is 13.7. The van der Waals surface area contributed by atoms with Crippen LogP contribution in [0.25, 0.3) is 0 Å². The van der Waals surface area contributed by atoms with Crippen molar-refractivity contribution in [2.45, 2.75) is 19.1 Å². The second-order valence-corrected chi connectivity index (χ2v) is 8.45. The van der Waals surface area contributed by atoms with Gasteiger partial charge >= 0.3 is 0 Å². The van der Waals surface area contributed by atoms with Crippen LogP contribution in [-0.4, -0.2) is 43.5 Å². The number of carbonyl (C=O) groups excluding carboxylic acids is 3. The van der Waals surface area contributed by atoms with Crippen LogP contribution in [-0.2, 0) is 31.8 Å². The maximum absolute atomic E-state index is 12.5. The summed E-state index contributed by atoms with van der Waals surface area (Å²) in [6.45, 7) is 0.949. The first-order valence-corrected chi connectivity index (χ1v) is 10.7. The lowest BCUT2D eigenvalue weighted by Gasteiger charge is -2.27. The van der Waals surface area contributed by atoms with Crippen molar-refractivity contribution < 1.29 is 22.8 Å². The molecule has 1 aliphatic rings. The molecule has 2 N–H and O–H groups in total. The van der Waals surface area contributed by atoms with Gasteiger partial charge in [0.15, 0.2) is 0 Å². The highest BCUT2D eigenvalue weighted by molar-refractivity contribution is 7.89. The lowest BCUT2D eigenvalue weighted by molar-refractivity contribution is -0.124. The number of hydrogen-bond donors (Lipinski definition) is 2. The number of amides is 3. The van der Waals surface area contributed by atoms with E-state index in [2.05, 4.69) is 10.6 Å². The summed E-state index contributed by atoms with van der Waals surface area (Å²) >= 11 is 0. The Morgan fingerprint density at radius 1 is 1.03 bits per heavy atom. The van der Waals surface area contributed by atoms with E-state index in [9.17, 15) is 22.8 Å². The molecular formula is C20H21N3O5S. The molecule has 0 atom stereocenters. The molecule has 152 valence electrons. The highest BCUT2D eigenvalue weighted by Crippen LogP contribution is 2.24. The molecule has 0 aliphatic carbocycles. The number of benzene rings is 2. The molecule has 0 unspecified atom stereocenters. The minimum atomic E-state index is -3.95. The van der Waals surface area contributed by atoms with E-state index in [1.54, 1.807) is 30.3 Å². The molecule has 0 radical (unpaired) electrons. The molecule has 0 bridgehead atoms. The number of sulfonamides is 1. The predicted molar refractivity (Wildman–Crippen MR) is 108 cm³/mol. The second kappa shape index (κ2) is 8.44. The molecule has 1 heterocycles. The van der Waals surface area contributed by atoms with E-state index in [0.29, 0.717) is 15.6 Å². The Balaban J connectivity index is 1.60. The molecule has 2 aromatic rings. The van der Waals surface area contributed by atoms with E-state index in [0.717, 1.165) is 12.0 Å². The van der Waals surface area contributed by atoms with Crippen LogP contribution in [0.4, 0.5) is 5.69 Å². The van der Waals surface area contributed by atoms with Gasteiger partial charge in [0.1, 0.15) is 6.54 Å². The number of fused-ring (bicyclic) bond motifs is 1. The number of para-hydroxylation sites is 1. The van der Waals surface area contributed by atoms with Crippen LogP contribution >= 0.6 is 0 Å². The number of nitrogens with one attached hydrogen (secondary N) is 2. The fourth-order valence-electron chi connectivity index (χ4n) is 3.07. The number of aryl methyl sites for hydroxylation is 1. The molecular weight excluding hydrogens is 394 g/mol. The first kappa shape index (κ1) is 20.5. The molecule has 3 amide bonds. The fourth-order valence-corrected chi connectivity index (χ4v) is 4.54. The summed E-state index contributed by atoms with van der Waals surface area (Å²) in [7, 11) is -3.95. The Hall–Kier alpha value is -3.20. The van der Waals surface area contributed by atoms with Gasteiger partial charge in [-0.15, -0.1) is 0 Å². The van der Waals surface area contributed by atoms with Gasteiger partial charge in [0.2, 0.25) is 21.8 Å². The van der Waals surface area contributed by atoms with Crippen molar-refractivity contribution in [2.24, 2.45) is 0 Å². The largest absolute Gasteiger partial charge is 0.345 e. The summed E-state index contributed by atoms with van der Waals surface area (Å²) < 4.78 is 25.3. The van der Waals surface area contributed by atoms with Crippen molar-refractivity contribution >= 4 is 33.4 Å². The Morgan fingerprint density at radius 2 is 1.72 bits per heavy atom. The highest BCUT2D eigenvalue weighted by atomic mass is 32.2. The molecule has 0 saturated carbocycles. The van der Waals surface area contributed by atoms with Crippen LogP contribution in [0.3, 0.4) is 0 Å². The summed E-state index contributed by atoms with van der Waals surface area (Å²) in [6.07, 6.45) is 0.735. The second-order valence-electron chi connectivity index (χ2n) is 6.56. The highest BCUT2D eigenvalue weighted by Gasteiger charge is 2.36. The average molecular weight is 415 g/mol. The smallest absolute Gasteiger partial charge is 0.268 e. The van der Waals surface area contributed by atoms with Crippen LogP contribution in [0.15, 0.2) is 48.5 Å². The summed E-state index contributed by atoms with van der Waals surface area (Å²) in [4.78, 5) is 36.8. The summed E-state index contributed by atoms with van der Waals surface area (Å²) in [5.74, 6) is -2.28.